The molecule has 0 aliphatic rings. The van der Waals surface area contributed by atoms with Gasteiger partial charge in [-0.3, -0.25) is 4.79 Å². The second-order valence-electron chi connectivity index (χ2n) is 6.16. The number of carbonyl (C=O) groups is 1. The average molecular weight is 282 g/mol. The standard InChI is InChI=1S/C16H24ClNO/c1-12(16(2,3)4)10-15(19)18-14(11-17)13-8-6-5-7-9-13/h5-9,12,14H,10-11H2,1-4H3,(H,18,19). The lowest BCUT2D eigenvalue weighted by Gasteiger charge is -2.27. The summed E-state index contributed by atoms with van der Waals surface area (Å²) < 4.78 is 0. The van der Waals surface area contributed by atoms with Crippen molar-refractivity contribution >= 4 is 17.5 Å². The van der Waals surface area contributed by atoms with Crippen LogP contribution in [0.1, 0.15) is 45.7 Å². The van der Waals surface area contributed by atoms with Gasteiger partial charge in [-0.05, 0) is 16.9 Å². The second kappa shape index (κ2) is 6.95. The molecule has 0 saturated carbocycles. The third kappa shape index (κ3) is 5.23. The molecule has 0 aliphatic heterocycles. The molecule has 1 N–H and O–H groups in total. The predicted octanol–water partition coefficient (Wildman–Crippen LogP) is 4.16. The van der Waals surface area contributed by atoms with Gasteiger partial charge in [0, 0.05) is 12.3 Å². The molecular weight excluding hydrogens is 258 g/mol. The number of halogens is 1. The van der Waals surface area contributed by atoms with Crippen molar-refractivity contribution in [3.63, 3.8) is 0 Å². The van der Waals surface area contributed by atoms with Gasteiger partial charge in [-0.1, -0.05) is 58.0 Å². The molecule has 1 aromatic carbocycles. The van der Waals surface area contributed by atoms with E-state index >= 15 is 0 Å². The molecule has 0 saturated heterocycles. The summed E-state index contributed by atoms with van der Waals surface area (Å²) in [6.45, 7) is 8.57. The molecule has 0 aromatic heterocycles. The summed E-state index contributed by atoms with van der Waals surface area (Å²) in [6.07, 6.45) is 0.531. The molecule has 0 radical (unpaired) electrons. The lowest BCUT2D eigenvalue weighted by molar-refractivity contribution is -0.123. The number of amides is 1. The van der Waals surface area contributed by atoms with Crippen LogP contribution in [-0.4, -0.2) is 11.8 Å². The number of alkyl halides is 1. The summed E-state index contributed by atoms with van der Waals surface area (Å²) >= 11 is 5.96. The predicted molar refractivity (Wildman–Crippen MR) is 81.3 cm³/mol. The molecule has 0 fully saturated rings. The molecule has 106 valence electrons. The normalized spacial score (nSPS) is 14.8. The molecule has 0 aliphatic carbocycles. The van der Waals surface area contributed by atoms with Gasteiger partial charge in [0.1, 0.15) is 0 Å². The third-order valence-electron chi connectivity index (χ3n) is 3.66. The van der Waals surface area contributed by atoms with Crippen LogP contribution < -0.4 is 5.32 Å². The van der Waals surface area contributed by atoms with Gasteiger partial charge in [-0.25, -0.2) is 0 Å². The lowest BCUT2D eigenvalue weighted by Crippen LogP contribution is -2.32. The zero-order valence-corrected chi connectivity index (χ0v) is 13.0. The van der Waals surface area contributed by atoms with Crippen LogP contribution in [0.2, 0.25) is 0 Å². The van der Waals surface area contributed by atoms with E-state index in [9.17, 15) is 4.79 Å². The van der Waals surface area contributed by atoms with Gasteiger partial charge in [-0.2, -0.15) is 0 Å². The highest BCUT2D eigenvalue weighted by molar-refractivity contribution is 6.18. The molecule has 1 amide bonds. The largest absolute Gasteiger partial charge is 0.348 e. The van der Waals surface area contributed by atoms with E-state index in [1.165, 1.54) is 0 Å². The van der Waals surface area contributed by atoms with Crippen molar-refractivity contribution in [3.8, 4) is 0 Å². The van der Waals surface area contributed by atoms with E-state index < -0.39 is 0 Å². The Morgan fingerprint density at radius 2 is 1.84 bits per heavy atom. The fourth-order valence-corrected chi connectivity index (χ4v) is 1.99. The van der Waals surface area contributed by atoms with Crippen LogP contribution in [-0.2, 0) is 4.79 Å². The fraction of sp³-hybridized carbons (Fsp3) is 0.562. The maximum atomic E-state index is 12.1. The van der Waals surface area contributed by atoms with Crippen LogP contribution in [0.4, 0.5) is 0 Å². The summed E-state index contributed by atoms with van der Waals surface area (Å²) in [7, 11) is 0. The van der Waals surface area contributed by atoms with E-state index in [0.717, 1.165) is 5.56 Å². The number of hydrogen-bond acceptors (Lipinski definition) is 1. The van der Waals surface area contributed by atoms with Crippen molar-refractivity contribution in [3.05, 3.63) is 35.9 Å². The number of rotatable bonds is 5. The maximum absolute atomic E-state index is 12.1. The molecule has 0 spiro atoms. The van der Waals surface area contributed by atoms with Crippen LogP contribution in [0.5, 0.6) is 0 Å². The quantitative estimate of drug-likeness (QED) is 0.807. The number of nitrogens with one attached hydrogen (secondary N) is 1. The molecule has 1 aromatic rings. The van der Waals surface area contributed by atoms with Crippen molar-refractivity contribution < 1.29 is 4.79 Å². The summed E-state index contributed by atoms with van der Waals surface area (Å²) in [5.74, 6) is 0.788. The molecule has 19 heavy (non-hydrogen) atoms. The third-order valence-corrected chi connectivity index (χ3v) is 3.97. The lowest BCUT2D eigenvalue weighted by atomic mass is 9.80. The first-order valence-electron chi connectivity index (χ1n) is 6.75. The Balaban J connectivity index is 2.60. The van der Waals surface area contributed by atoms with Gasteiger partial charge in [0.25, 0.3) is 0 Å². The Morgan fingerprint density at radius 3 is 2.32 bits per heavy atom. The fourth-order valence-electron chi connectivity index (χ4n) is 1.73. The van der Waals surface area contributed by atoms with Crippen LogP contribution >= 0.6 is 11.6 Å². The molecule has 2 unspecified atom stereocenters. The van der Waals surface area contributed by atoms with Gasteiger partial charge >= 0.3 is 0 Å². The molecular formula is C16H24ClNO. The number of benzene rings is 1. The first-order valence-corrected chi connectivity index (χ1v) is 7.28. The van der Waals surface area contributed by atoms with Crippen LogP contribution in [0.3, 0.4) is 0 Å². The van der Waals surface area contributed by atoms with Crippen LogP contribution in [0, 0.1) is 11.3 Å². The van der Waals surface area contributed by atoms with Crippen molar-refractivity contribution in [1.29, 1.82) is 0 Å². The average Bonchev–Trinajstić information content (AvgIpc) is 2.35. The highest BCUT2D eigenvalue weighted by atomic mass is 35.5. The Morgan fingerprint density at radius 1 is 1.26 bits per heavy atom. The van der Waals surface area contributed by atoms with Gasteiger partial charge in [-0.15, -0.1) is 11.6 Å². The number of hydrogen-bond donors (Lipinski definition) is 1. The second-order valence-corrected chi connectivity index (χ2v) is 6.46. The van der Waals surface area contributed by atoms with Crippen LogP contribution in [0.25, 0.3) is 0 Å². The minimum Gasteiger partial charge on any atom is -0.348 e. The van der Waals surface area contributed by atoms with E-state index in [0.29, 0.717) is 18.2 Å². The van der Waals surface area contributed by atoms with Gasteiger partial charge in [0.05, 0.1) is 6.04 Å². The van der Waals surface area contributed by atoms with Crippen molar-refractivity contribution in [2.45, 2.75) is 40.2 Å². The minimum absolute atomic E-state index is 0.0666. The van der Waals surface area contributed by atoms with E-state index in [4.69, 9.17) is 11.6 Å². The molecule has 1 rings (SSSR count). The van der Waals surface area contributed by atoms with E-state index in [1.54, 1.807) is 0 Å². The smallest absolute Gasteiger partial charge is 0.220 e. The monoisotopic (exact) mass is 281 g/mol. The number of carbonyl (C=O) groups excluding carboxylic acids is 1. The first-order chi connectivity index (χ1) is 8.84. The zero-order valence-electron chi connectivity index (χ0n) is 12.2. The van der Waals surface area contributed by atoms with Crippen molar-refractivity contribution in [1.82, 2.24) is 5.32 Å². The minimum atomic E-state index is -0.109. The van der Waals surface area contributed by atoms with Crippen molar-refractivity contribution in [2.75, 3.05) is 5.88 Å². The molecule has 3 heteroatoms. The molecule has 2 atom stereocenters. The zero-order chi connectivity index (χ0) is 14.5. The van der Waals surface area contributed by atoms with E-state index in [-0.39, 0.29) is 17.4 Å². The Bertz CT molecular complexity index is 397. The maximum Gasteiger partial charge on any atom is 0.220 e. The first kappa shape index (κ1) is 16.0. The van der Waals surface area contributed by atoms with Gasteiger partial charge in [0.2, 0.25) is 5.91 Å². The summed E-state index contributed by atoms with van der Waals surface area (Å²) in [6, 6.07) is 9.74. The Hall–Kier alpha value is -1.02. The topological polar surface area (TPSA) is 29.1 Å². The van der Waals surface area contributed by atoms with Crippen molar-refractivity contribution in [2.24, 2.45) is 11.3 Å². The van der Waals surface area contributed by atoms with Gasteiger partial charge in [0.15, 0.2) is 0 Å². The van der Waals surface area contributed by atoms with E-state index in [2.05, 4.69) is 33.0 Å². The summed E-state index contributed by atoms with van der Waals surface area (Å²) in [4.78, 5) is 12.1. The Kier molecular flexibility index (Phi) is 5.86. The van der Waals surface area contributed by atoms with Gasteiger partial charge < -0.3 is 5.32 Å². The SMILES string of the molecule is CC(CC(=O)NC(CCl)c1ccccc1)C(C)(C)C. The highest BCUT2D eigenvalue weighted by Crippen LogP contribution is 2.28. The Labute approximate surface area is 121 Å². The summed E-state index contributed by atoms with van der Waals surface area (Å²) in [5.41, 5.74) is 1.19. The summed E-state index contributed by atoms with van der Waals surface area (Å²) in [5, 5.41) is 3.02. The molecule has 0 bridgehead atoms. The molecule has 2 nitrogen and oxygen atoms in total. The molecule has 0 heterocycles. The van der Waals surface area contributed by atoms with Crippen LogP contribution in [0.15, 0.2) is 30.3 Å². The highest BCUT2D eigenvalue weighted by Gasteiger charge is 2.23. The van der Waals surface area contributed by atoms with E-state index in [1.807, 2.05) is 30.3 Å².